The first-order valence-electron chi connectivity index (χ1n) is 12.5. The van der Waals surface area contributed by atoms with Crippen LogP contribution in [0.2, 0.25) is 0 Å². The first-order valence-corrected chi connectivity index (χ1v) is 12.5. The second-order valence-electron chi connectivity index (χ2n) is 9.95. The number of rotatable bonds is 7. The number of nitrogens with zero attached hydrogens (tertiary/aromatic N) is 4. The molecule has 7 nitrogen and oxygen atoms in total. The molecule has 2 amide bonds. The second-order valence-corrected chi connectivity index (χ2v) is 9.95. The third-order valence-electron chi connectivity index (χ3n) is 7.94. The summed E-state index contributed by atoms with van der Waals surface area (Å²) in [6.07, 6.45) is 5.23. The lowest BCUT2D eigenvalue weighted by Crippen LogP contribution is -2.56. The van der Waals surface area contributed by atoms with Crippen molar-refractivity contribution in [1.29, 1.82) is 0 Å². The highest BCUT2D eigenvalue weighted by atomic mass is 16.2. The predicted octanol–water partition coefficient (Wildman–Crippen LogP) is 1.12. The highest BCUT2D eigenvalue weighted by molar-refractivity contribution is 5.94. The zero-order valence-corrected chi connectivity index (χ0v) is 19.1. The van der Waals surface area contributed by atoms with E-state index < -0.39 is 0 Å². The van der Waals surface area contributed by atoms with Crippen LogP contribution >= 0.6 is 0 Å². The van der Waals surface area contributed by atoms with Crippen LogP contribution in [0.25, 0.3) is 0 Å². The molecule has 1 N–H and O–H groups in total. The summed E-state index contributed by atoms with van der Waals surface area (Å²) in [5, 5.41) is 3.09. The zero-order valence-electron chi connectivity index (χ0n) is 19.1. The van der Waals surface area contributed by atoms with E-state index in [0.29, 0.717) is 24.4 Å². The fourth-order valence-corrected chi connectivity index (χ4v) is 5.45. The van der Waals surface area contributed by atoms with E-state index in [4.69, 9.17) is 0 Å². The van der Waals surface area contributed by atoms with Crippen molar-refractivity contribution in [3.8, 4) is 0 Å². The van der Waals surface area contributed by atoms with Gasteiger partial charge >= 0.3 is 0 Å². The maximum atomic E-state index is 12.8. The fourth-order valence-electron chi connectivity index (χ4n) is 5.45. The average molecular weight is 440 g/mol. The number of hydrogen-bond donors (Lipinski definition) is 1. The van der Waals surface area contributed by atoms with Crippen LogP contribution in [0.1, 0.15) is 36.0 Å². The van der Waals surface area contributed by atoms with E-state index in [0.717, 1.165) is 70.5 Å². The van der Waals surface area contributed by atoms with Gasteiger partial charge in [0.2, 0.25) is 5.91 Å². The molecule has 0 radical (unpaired) electrons. The lowest BCUT2D eigenvalue weighted by molar-refractivity contribution is -0.135. The van der Waals surface area contributed by atoms with E-state index in [1.54, 1.807) is 0 Å². The van der Waals surface area contributed by atoms with E-state index in [2.05, 4.69) is 24.9 Å². The molecular weight excluding hydrogens is 402 g/mol. The Kier molecular flexibility index (Phi) is 6.76. The summed E-state index contributed by atoms with van der Waals surface area (Å²) in [6.45, 7) is 9.19. The van der Waals surface area contributed by atoms with Crippen LogP contribution in [0.3, 0.4) is 0 Å². The van der Waals surface area contributed by atoms with E-state index in [9.17, 15) is 9.59 Å². The minimum atomic E-state index is 0.0214. The molecule has 2 heterocycles. The lowest BCUT2D eigenvalue weighted by Gasteiger charge is -2.43. The molecule has 2 aliphatic heterocycles. The number of benzene rings is 1. The highest BCUT2D eigenvalue weighted by Crippen LogP contribution is 2.35. The van der Waals surface area contributed by atoms with Gasteiger partial charge in [0, 0.05) is 76.5 Å². The molecule has 0 aromatic heterocycles. The van der Waals surface area contributed by atoms with Crippen molar-refractivity contribution in [3.05, 3.63) is 35.9 Å². The molecule has 2 unspecified atom stereocenters. The molecule has 2 aliphatic carbocycles. The Balaban J connectivity index is 0.978. The molecule has 0 bridgehead atoms. The van der Waals surface area contributed by atoms with Crippen LogP contribution in [0.4, 0.5) is 0 Å². The van der Waals surface area contributed by atoms with Gasteiger partial charge in [-0.3, -0.25) is 24.3 Å². The Morgan fingerprint density at radius 2 is 1.56 bits per heavy atom. The van der Waals surface area contributed by atoms with Crippen molar-refractivity contribution < 1.29 is 9.59 Å². The van der Waals surface area contributed by atoms with Crippen LogP contribution in [0.15, 0.2) is 30.3 Å². The van der Waals surface area contributed by atoms with Gasteiger partial charge in [-0.2, -0.15) is 0 Å². The molecule has 2 atom stereocenters. The standard InChI is InChI=1S/C25H37N5O2/c31-24(30-15-13-28(14-16-30)22-7-4-8-22)19-27-9-11-29(12-10-27)23-17-21(23)18-26-25(32)20-5-2-1-3-6-20/h1-3,5-6,21-23H,4,7-19H2,(H,26,32). The third-order valence-corrected chi connectivity index (χ3v) is 7.94. The first kappa shape index (κ1) is 21.9. The third kappa shape index (κ3) is 5.16. The molecule has 174 valence electrons. The first-order chi connectivity index (χ1) is 15.7. The summed E-state index contributed by atoms with van der Waals surface area (Å²) in [7, 11) is 0. The molecule has 32 heavy (non-hydrogen) atoms. The summed E-state index contributed by atoms with van der Waals surface area (Å²) in [4.78, 5) is 34.6. The number of carbonyl (C=O) groups excluding carboxylic acids is 2. The number of piperazine rings is 2. The van der Waals surface area contributed by atoms with Crippen LogP contribution in [0, 0.1) is 5.92 Å². The summed E-state index contributed by atoms with van der Waals surface area (Å²) >= 11 is 0. The predicted molar refractivity (Wildman–Crippen MR) is 124 cm³/mol. The Morgan fingerprint density at radius 1 is 0.875 bits per heavy atom. The minimum Gasteiger partial charge on any atom is -0.352 e. The summed E-state index contributed by atoms with van der Waals surface area (Å²) in [5.74, 6) is 0.885. The highest BCUT2D eigenvalue weighted by Gasteiger charge is 2.42. The smallest absolute Gasteiger partial charge is 0.251 e. The molecule has 0 spiro atoms. The van der Waals surface area contributed by atoms with E-state index in [1.165, 1.54) is 25.7 Å². The summed E-state index contributed by atoms with van der Waals surface area (Å²) in [5.41, 5.74) is 0.729. The van der Waals surface area contributed by atoms with Gasteiger partial charge in [-0.05, 0) is 37.3 Å². The van der Waals surface area contributed by atoms with Crippen LogP contribution in [-0.2, 0) is 4.79 Å². The number of amides is 2. The van der Waals surface area contributed by atoms with Gasteiger partial charge in [-0.15, -0.1) is 0 Å². The van der Waals surface area contributed by atoms with E-state index in [-0.39, 0.29) is 5.91 Å². The van der Waals surface area contributed by atoms with Crippen molar-refractivity contribution in [2.75, 3.05) is 65.4 Å². The average Bonchev–Trinajstić information content (AvgIpc) is 3.57. The molecule has 4 aliphatic rings. The van der Waals surface area contributed by atoms with Gasteiger partial charge in [0.05, 0.1) is 6.54 Å². The van der Waals surface area contributed by atoms with Crippen LogP contribution < -0.4 is 5.32 Å². The van der Waals surface area contributed by atoms with Crippen molar-refractivity contribution in [2.45, 2.75) is 37.8 Å². The largest absolute Gasteiger partial charge is 0.352 e. The van der Waals surface area contributed by atoms with Gasteiger partial charge in [-0.25, -0.2) is 0 Å². The normalized spacial score (nSPS) is 27.7. The van der Waals surface area contributed by atoms with Gasteiger partial charge in [0.15, 0.2) is 0 Å². The van der Waals surface area contributed by atoms with Crippen LogP contribution in [0.5, 0.6) is 0 Å². The molecule has 2 saturated carbocycles. The molecule has 1 aromatic carbocycles. The maximum absolute atomic E-state index is 12.8. The Morgan fingerprint density at radius 3 is 2.22 bits per heavy atom. The van der Waals surface area contributed by atoms with E-state index >= 15 is 0 Å². The summed E-state index contributed by atoms with van der Waals surface area (Å²) < 4.78 is 0. The topological polar surface area (TPSA) is 59.1 Å². The lowest BCUT2D eigenvalue weighted by atomic mass is 9.91. The minimum absolute atomic E-state index is 0.0214. The fraction of sp³-hybridized carbons (Fsp3) is 0.680. The van der Waals surface area contributed by atoms with E-state index in [1.807, 2.05) is 30.3 Å². The van der Waals surface area contributed by atoms with Gasteiger partial charge < -0.3 is 10.2 Å². The van der Waals surface area contributed by atoms with Crippen LogP contribution in [-0.4, -0.2) is 109 Å². The molecule has 2 saturated heterocycles. The number of nitrogens with one attached hydrogen (secondary N) is 1. The molecular formula is C25H37N5O2. The number of hydrogen-bond acceptors (Lipinski definition) is 5. The van der Waals surface area contributed by atoms with Gasteiger partial charge in [0.25, 0.3) is 5.91 Å². The molecule has 1 aromatic rings. The Hall–Kier alpha value is -1.96. The quantitative estimate of drug-likeness (QED) is 0.690. The Labute approximate surface area is 191 Å². The monoisotopic (exact) mass is 439 g/mol. The van der Waals surface area contributed by atoms with Gasteiger partial charge in [0.1, 0.15) is 0 Å². The zero-order chi connectivity index (χ0) is 21.9. The molecule has 5 rings (SSSR count). The van der Waals surface area contributed by atoms with Gasteiger partial charge in [-0.1, -0.05) is 24.6 Å². The van der Waals surface area contributed by atoms with Crippen molar-refractivity contribution in [1.82, 2.24) is 24.9 Å². The van der Waals surface area contributed by atoms with Crippen molar-refractivity contribution >= 4 is 11.8 Å². The maximum Gasteiger partial charge on any atom is 0.251 e. The summed E-state index contributed by atoms with van der Waals surface area (Å²) in [6, 6.07) is 10.8. The number of carbonyl (C=O) groups is 2. The van der Waals surface area contributed by atoms with Crippen molar-refractivity contribution in [2.24, 2.45) is 5.92 Å². The molecule has 7 heteroatoms. The Bertz CT molecular complexity index is 783. The molecule has 4 fully saturated rings. The van der Waals surface area contributed by atoms with Crippen molar-refractivity contribution in [3.63, 3.8) is 0 Å². The SMILES string of the molecule is O=C(NCC1CC1N1CCN(CC(=O)N2CCN(C3CCC3)CC2)CC1)c1ccccc1. The second kappa shape index (κ2) is 9.89.